The van der Waals surface area contributed by atoms with Crippen LogP contribution in [0.5, 0.6) is 0 Å². The van der Waals surface area contributed by atoms with E-state index in [4.69, 9.17) is 0 Å². The molecule has 0 amide bonds. The maximum absolute atomic E-state index is 4.22. The van der Waals surface area contributed by atoms with Gasteiger partial charge in [-0.15, -0.1) is 0 Å². The highest BCUT2D eigenvalue weighted by molar-refractivity contribution is 7.08. The summed E-state index contributed by atoms with van der Waals surface area (Å²) in [6.45, 7) is 14.4. The van der Waals surface area contributed by atoms with Crippen LogP contribution in [-0.4, -0.2) is 16.5 Å². The molecule has 2 aromatic carbocycles. The van der Waals surface area contributed by atoms with Crippen LogP contribution < -0.4 is 15.0 Å². The van der Waals surface area contributed by atoms with Crippen LogP contribution in [0.1, 0.15) is 20.8 Å². The van der Waals surface area contributed by atoms with Crippen LogP contribution >= 0.6 is 0 Å². The zero-order valence-corrected chi connectivity index (χ0v) is 16.8. The maximum atomic E-state index is 4.22. The van der Waals surface area contributed by atoms with E-state index in [1.165, 1.54) is 10.4 Å². The van der Waals surface area contributed by atoms with Gasteiger partial charge in [0.25, 0.3) is 0 Å². The Morgan fingerprint density at radius 2 is 1.05 bits per heavy atom. The van der Waals surface area contributed by atoms with Crippen molar-refractivity contribution in [1.82, 2.24) is 4.65 Å². The predicted molar refractivity (Wildman–Crippen MR) is 104 cm³/mol. The molecule has 22 heavy (non-hydrogen) atoms. The summed E-state index contributed by atoms with van der Waals surface area (Å²) in [5.41, 5.74) is 0. The lowest BCUT2D eigenvalue weighted by Gasteiger charge is -2.48. The highest BCUT2D eigenvalue weighted by atomic mass is 28.4. The highest BCUT2D eigenvalue weighted by Gasteiger charge is 2.49. The predicted octanol–water partition coefficient (Wildman–Crippen LogP) is 3.97. The average molecular weight is 328 g/mol. The first-order valence-corrected chi connectivity index (χ1v) is 13.6. The number of hydrogen-bond acceptors (Lipinski definition) is 1. The van der Waals surface area contributed by atoms with Gasteiger partial charge >= 0.3 is 0 Å². The van der Waals surface area contributed by atoms with E-state index in [1.807, 2.05) is 0 Å². The Morgan fingerprint density at radius 1 is 0.682 bits per heavy atom. The lowest BCUT2D eigenvalue weighted by Crippen LogP contribution is -2.78. The third kappa shape index (κ3) is 3.42. The highest BCUT2D eigenvalue weighted by Crippen LogP contribution is 2.34. The van der Waals surface area contributed by atoms with Crippen molar-refractivity contribution in [3.05, 3.63) is 60.7 Å². The molecule has 0 aliphatic rings. The zero-order valence-electron chi connectivity index (χ0n) is 14.8. The summed E-state index contributed by atoms with van der Waals surface area (Å²) in [6, 6.07) is 22.2. The normalized spacial score (nSPS) is 13.2. The molecule has 3 heteroatoms. The lowest BCUT2D eigenvalue weighted by atomic mass is 10.2. The van der Waals surface area contributed by atoms with Crippen LogP contribution in [-0.2, 0) is 0 Å². The van der Waals surface area contributed by atoms with Gasteiger partial charge in [0, 0.05) is 0 Å². The second-order valence-corrected chi connectivity index (χ2v) is 17.8. The van der Waals surface area contributed by atoms with Gasteiger partial charge in [0.2, 0.25) is 0 Å². The smallest absolute Gasteiger partial charge is 0.188 e. The molecule has 0 unspecified atom stereocenters. The van der Waals surface area contributed by atoms with E-state index in [0.29, 0.717) is 0 Å². The number of rotatable bonds is 4. The van der Waals surface area contributed by atoms with Gasteiger partial charge in [-0.2, -0.15) is 0 Å². The standard InChI is InChI=1S/C19H29NSi2/c1-19(2,3)22(20-21(4,5)6,17-13-9-7-10-14-17)18-15-11-8-12-16-18/h7-16,20H,1-6H3. The van der Waals surface area contributed by atoms with Gasteiger partial charge in [-0.1, -0.05) is 101 Å². The Kier molecular flexibility index (Phi) is 4.80. The molecule has 1 nitrogen and oxygen atoms in total. The molecule has 2 aromatic rings. The van der Waals surface area contributed by atoms with Crippen molar-refractivity contribution in [3.8, 4) is 0 Å². The molecule has 0 saturated carbocycles. The number of nitrogens with one attached hydrogen (secondary N) is 1. The largest absolute Gasteiger partial charge is 0.352 e. The minimum atomic E-state index is -2.07. The molecule has 0 aliphatic heterocycles. The van der Waals surface area contributed by atoms with E-state index in [1.54, 1.807) is 0 Å². The van der Waals surface area contributed by atoms with E-state index in [9.17, 15) is 0 Å². The van der Waals surface area contributed by atoms with Crippen molar-refractivity contribution in [2.75, 3.05) is 0 Å². The van der Waals surface area contributed by atoms with E-state index in [0.717, 1.165) is 0 Å². The maximum Gasteiger partial charge on any atom is 0.188 e. The molecule has 0 aromatic heterocycles. The molecule has 1 N–H and O–H groups in total. The first-order valence-electron chi connectivity index (χ1n) is 8.07. The first kappa shape index (κ1) is 17.2. The van der Waals surface area contributed by atoms with Gasteiger partial charge in [-0.05, 0) is 15.4 Å². The fourth-order valence-corrected chi connectivity index (χ4v) is 13.9. The minimum absolute atomic E-state index is 0.190. The third-order valence-electron chi connectivity index (χ3n) is 4.10. The summed E-state index contributed by atoms with van der Waals surface area (Å²) in [4.78, 5) is 0. The van der Waals surface area contributed by atoms with E-state index < -0.39 is 16.5 Å². The SMILES string of the molecule is CC(C)(C)[Si](N[Si](C)(C)C)(c1ccccc1)c1ccccc1. The summed E-state index contributed by atoms with van der Waals surface area (Å²) >= 11 is 0. The Morgan fingerprint density at radius 3 is 1.32 bits per heavy atom. The molecular formula is C19H29NSi2. The Labute approximate surface area is 138 Å². The van der Waals surface area contributed by atoms with Crippen molar-refractivity contribution in [1.29, 1.82) is 0 Å². The summed E-state index contributed by atoms with van der Waals surface area (Å²) < 4.78 is 4.22. The minimum Gasteiger partial charge on any atom is -0.352 e. The van der Waals surface area contributed by atoms with Crippen molar-refractivity contribution in [2.45, 2.75) is 45.5 Å². The molecule has 0 radical (unpaired) electrons. The number of hydrogen-bond donors (Lipinski definition) is 1. The van der Waals surface area contributed by atoms with E-state index >= 15 is 0 Å². The summed E-state index contributed by atoms with van der Waals surface area (Å²) in [5.74, 6) is 0. The van der Waals surface area contributed by atoms with Crippen molar-refractivity contribution in [2.24, 2.45) is 0 Å². The molecule has 0 atom stereocenters. The van der Waals surface area contributed by atoms with Crippen molar-refractivity contribution < 1.29 is 0 Å². The van der Waals surface area contributed by atoms with Crippen molar-refractivity contribution >= 4 is 26.8 Å². The summed E-state index contributed by atoms with van der Waals surface area (Å²) in [5, 5.41) is 3.16. The van der Waals surface area contributed by atoms with Gasteiger partial charge in [0.15, 0.2) is 8.24 Å². The Bertz CT molecular complexity index is 555. The molecule has 0 spiro atoms. The molecule has 118 valence electrons. The first-order chi connectivity index (χ1) is 10.2. The van der Waals surface area contributed by atoms with Crippen LogP contribution in [0.2, 0.25) is 24.7 Å². The number of benzene rings is 2. The zero-order chi connectivity index (χ0) is 16.4. The quantitative estimate of drug-likeness (QED) is 0.838. The molecule has 0 fully saturated rings. The van der Waals surface area contributed by atoms with E-state index in [-0.39, 0.29) is 5.04 Å². The fourth-order valence-electron chi connectivity index (χ4n) is 3.30. The molecule has 0 aliphatic carbocycles. The molecule has 0 saturated heterocycles. The van der Waals surface area contributed by atoms with Crippen LogP contribution in [0.3, 0.4) is 0 Å². The van der Waals surface area contributed by atoms with Gasteiger partial charge in [0.05, 0.1) is 0 Å². The Balaban J connectivity index is 2.76. The van der Waals surface area contributed by atoms with Gasteiger partial charge in [-0.25, -0.2) is 0 Å². The van der Waals surface area contributed by atoms with E-state index in [2.05, 4.69) is 106 Å². The topological polar surface area (TPSA) is 12.0 Å². The Hall–Kier alpha value is -1.17. The van der Waals surface area contributed by atoms with Crippen LogP contribution in [0.15, 0.2) is 60.7 Å². The molecule has 2 rings (SSSR count). The second-order valence-electron chi connectivity index (χ2n) is 8.11. The molecule has 0 heterocycles. The summed E-state index contributed by atoms with van der Waals surface area (Å²) in [7, 11) is -3.53. The van der Waals surface area contributed by atoms with Gasteiger partial charge in [-0.3, -0.25) is 0 Å². The van der Waals surface area contributed by atoms with Crippen LogP contribution in [0, 0.1) is 0 Å². The average Bonchev–Trinajstić information content (AvgIpc) is 2.44. The third-order valence-corrected chi connectivity index (χ3v) is 13.2. The van der Waals surface area contributed by atoms with Gasteiger partial charge in [0.1, 0.15) is 8.24 Å². The van der Waals surface area contributed by atoms with Crippen molar-refractivity contribution in [3.63, 3.8) is 0 Å². The molecule has 0 bridgehead atoms. The molecular weight excluding hydrogens is 298 g/mol. The second kappa shape index (κ2) is 6.15. The van der Waals surface area contributed by atoms with Crippen LogP contribution in [0.25, 0.3) is 0 Å². The monoisotopic (exact) mass is 327 g/mol. The fraction of sp³-hybridized carbons (Fsp3) is 0.368. The van der Waals surface area contributed by atoms with Crippen LogP contribution in [0.4, 0.5) is 0 Å². The lowest BCUT2D eigenvalue weighted by molar-refractivity contribution is 0.721. The van der Waals surface area contributed by atoms with Gasteiger partial charge < -0.3 is 4.65 Å². The summed E-state index contributed by atoms with van der Waals surface area (Å²) in [6.07, 6.45) is 0.